The third-order valence-corrected chi connectivity index (χ3v) is 3.08. The molecule has 3 rings (SSSR count). The van der Waals surface area contributed by atoms with Gasteiger partial charge in [0.2, 0.25) is 0 Å². The maximum Gasteiger partial charge on any atom is 0.352 e. The van der Waals surface area contributed by atoms with Gasteiger partial charge in [-0.3, -0.25) is 4.57 Å². The first-order valence-corrected chi connectivity index (χ1v) is 6.00. The zero-order valence-electron chi connectivity index (χ0n) is 10.3. The first-order chi connectivity index (χ1) is 9.31. The van der Waals surface area contributed by atoms with E-state index in [2.05, 4.69) is 11.6 Å². The van der Waals surface area contributed by atoms with E-state index >= 15 is 0 Å². The molecule has 0 aliphatic rings. The smallest absolute Gasteiger partial charge is 0.260 e. The van der Waals surface area contributed by atoms with Crippen molar-refractivity contribution < 1.29 is 0 Å². The van der Waals surface area contributed by atoms with Crippen molar-refractivity contribution in [2.45, 2.75) is 0 Å². The van der Waals surface area contributed by atoms with Crippen LogP contribution in [0.4, 0.5) is 0 Å². The highest BCUT2D eigenvalue weighted by Gasteiger charge is 2.08. The van der Waals surface area contributed by atoms with Crippen LogP contribution in [-0.2, 0) is 0 Å². The minimum Gasteiger partial charge on any atom is -0.260 e. The van der Waals surface area contributed by atoms with Gasteiger partial charge in [0.05, 0.1) is 11.2 Å². The van der Waals surface area contributed by atoms with Crippen LogP contribution in [0.2, 0.25) is 0 Å². The summed E-state index contributed by atoms with van der Waals surface area (Å²) in [6.45, 7) is 3.79. The van der Waals surface area contributed by atoms with E-state index in [9.17, 15) is 4.79 Å². The Kier molecular flexibility index (Phi) is 2.72. The average molecular weight is 248 g/mol. The summed E-state index contributed by atoms with van der Waals surface area (Å²) in [5, 5.41) is 0.931. The van der Waals surface area contributed by atoms with Crippen LogP contribution in [0.25, 0.3) is 22.7 Å². The van der Waals surface area contributed by atoms with Crippen LogP contribution in [0.15, 0.2) is 66.1 Å². The van der Waals surface area contributed by atoms with E-state index in [0.29, 0.717) is 0 Å². The molecule has 0 radical (unpaired) electrons. The SMILES string of the molecule is C=Cc1ccccc1-n1c(=O)ncc2ccccc21. The Balaban J connectivity index is 2.45. The van der Waals surface area contributed by atoms with Crippen LogP contribution in [0.5, 0.6) is 0 Å². The molecule has 0 aliphatic heterocycles. The second-order valence-corrected chi connectivity index (χ2v) is 4.20. The Morgan fingerprint density at radius 3 is 2.63 bits per heavy atom. The molecule has 0 amide bonds. The fourth-order valence-electron chi connectivity index (χ4n) is 2.18. The molecule has 1 heterocycles. The summed E-state index contributed by atoms with van der Waals surface area (Å²) < 4.78 is 1.62. The maximum absolute atomic E-state index is 12.1. The first-order valence-electron chi connectivity index (χ1n) is 6.00. The third kappa shape index (κ3) is 1.85. The van der Waals surface area contributed by atoms with Crippen LogP contribution in [-0.4, -0.2) is 9.55 Å². The van der Waals surface area contributed by atoms with Crippen LogP contribution < -0.4 is 5.69 Å². The number of fused-ring (bicyclic) bond motifs is 1. The number of nitrogens with zero attached hydrogens (tertiary/aromatic N) is 2. The molecule has 3 aromatic rings. The quantitative estimate of drug-likeness (QED) is 0.698. The summed E-state index contributed by atoms with van der Waals surface area (Å²) in [5.41, 5.74) is 2.26. The second-order valence-electron chi connectivity index (χ2n) is 4.20. The topological polar surface area (TPSA) is 34.9 Å². The maximum atomic E-state index is 12.1. The number of rotatable bonds is 2. The molecule has 92 valence electrons. The van der Waals surface area contributed by atoms with Gasteiger partial charge >= 0.3 is 5.69 Å². The van der Waals surface area contributed by atoms with Gasteiger partial charge < -0.3 is 0 Å². The minimum atomic E-state index is -0.284. The van der Waals surface area contributed by atoms with Crippen molar-refractivity contribution in [3.63, 3.8) is 0 Å². The van der Waals surface area contributed by atoms with Gasteiger partial charge in [-0.15, -0.1) is 0 Å². The number of para-hydroxylation sites is 2. The highest BCUT2D eigenvalue weighted by Crippen LogP contribution is 2.19. The van der Waals surface area contributed by atoms with Crippen molar-refractivity contribution >= 4 is 17.0 Å². The van der Waals surface area contributed by atoms with Gasteiger partial charge in [0.15, 0.2) is 0 Å². The van der Waals surface area contributed by atoms with Gasteiger partial charge in [-0.1, -0.05) is 49.1 Å². The lowest BCUT2D eigenvalue weighted by atomic mass is 10.1. The summed E-state index contributed by atoms with van der Waals surface area (Å²) in [4.78, 5) is 16.1. The van der Waals surface area contributed by atoms with Gasteiger partial charge in [-0.25, -0.2) is 9.78 Å². The summed E-state index contributed by atoms with van der Waals surface area (Å²) in [7, 11) is 0. The molecule has 2 aromatic carbocycles. The molecule has 0 saturated carbocycles. The molecular formula is C16H12N2O. The summed E-state index contributed by atoms with van der Waals surface area (Å²) in [5.74, 6) is 0. The van der Waals surface area contributed by atoms with Crippen LogP contribution in [0.1, 0.15) is 5.56 Å². The normalized spacial score (nSPS) is 10.5. The lowest BCUT2D eigenvalue weighted by molar-refractivity contribution is 0.958. The van der Waals surface area contributed by atoms with Crippen LogP contribution in [0.3, 0.4) is 0 Å². The van der Waals surface area contributed by atoms with Gasteiger partial charge in [0.25, 0.3) is 0 Å². The second kappa shape index (κ2) is 4.53. The van der Waals surface area contributed by atoms with E-state index in [1.807, 2.05) is 48.5 Å². The molecule has 0 bridgehead atoms. The zero-order valence-corrected chi connectivity index (χ0v) is 10.3. The van der Waals surface area contributed by atoms with E-state index in [4.69, 9.17) is 0 Å². The standard InChI is InChI=1S/C16H12N2O/c1-2-12-7-3-5-9-14(12)18-15-10-6-4-8-13(15)11-17-16(18)19/h2-11H,1H2. The van der Waals surface area contributed by atoms with E-state index < -0.39 is 0 Å². The summed E-state index contributed by atoms with van der Waals surface area (Å²) in [6.07, 6.45) is 3.34. The van der Waals surface area contributed by atoms with Crippen molar-refractivity contribution in [3.8, 4) is 5.69 Å². The zero-order chi connectivity index (χ0) is 13.2. The lowest BCUT2D eigenvalue weighted by Crippen LogP contribution is -2.21. The predicted molar refractivity (Wildman–Crippen MR) is 77.4 cm³/mol. The number of benzene rings is 2. The molecule has 0 fully saturated rings. The van der Waals surface area contributed by atoms with Gasteiger partial charge in [-0.05, 0) is 17.7 Å². The van der Waals surface area contributed by atoms with Gasteiger partial charge in [0, 0.05) is 11.6 Å². The van der Waals surface area contributed by atoms with Crippen LogP contribution >= 0.6 is 0 Å². The van der Waals surface area contributed by atoms with E-state index in [0.717, 1.165) is 22.2 Å². The van der Waals surface area contributed by atoms with Gasteiger partial charge in [0.1, 0.15) is 0 Å². The summed E-state index contributed by atoms with van der Waals surface area (Å²) >= 11 is 0. The molecule has 0 saturated heterocycles. The molecule has 0 N–H and O–H groups in total. The molecular weight excluding hydrogens is 236 g/mol. The fourth-order valence-corrected chi connectivity index (χ4v) is 2.18. The molecule has 19 heavy (non-hydrogen) atoms. The van der Waals surface area contributed by atoms with Crippen molar-refractivity contribution in [2.75, 3.05) is 0 Å². The lowest BCUT2D eigenvalue weighted by Gasteiger charge is -2.11. The Morgan fingerprint density at radius 2 is 1.79 bits per heavy atom. The van der Waals surface area contributed by atoms with Crippen molar-refractivity contribution in [1.82, 2.24) is 9.55 Å². The molecule has 0 atom stereocenters. The van der Waals surface area contributed by atoms with Crippen molar-refractivity contribution in [3.05, 3.63) is 77.4 Å². The Morgan fingerprint density at radius 1 is 1.05 bits per heavy atom. The first kappa shape index (κ1) is 11.4. The Bertz CT molecular complexity index is 818. The van der Waals surface area contributed by atoms with Crippen LogP contribution in [0, 0.1) is 0 Å². The van der Waals surface area contributed by atoms with Crippen molar-refractivity contribution in [1.29, 1.82) is 0 Å². The van der Waals surface area contributed by atoms with E-state index in [1.54, 1.807) is 16.8 Å². The fraction of sp³-hybridized carbons (Fsp3) is 0. The predicted octanol–water partition coefficient (Wildman–Crippen LogP) is 3.03. The minimum absolute atomic E-state index is 0.284. The monoisotopic (exact) mass is 248 g/mol. The molecule has 0 aliphatic carbocycles. The molecule has 1 aromatic heterocycles. The molecule has 3 nitrogen and oxygen atoms in total. The van der Waals surface area contributed by atoms with Crippen molar-refractivity contribution in [2.24, 2.45) is 0 Å². The Labute approximate surface area is 110 Å². The highest BCUT2D eigenvalue weighted by atomic mass is 16.1. The summed E-state index contributed by atoms with van der Waals surface area (Å²) in [6, 6.07) is 15.3. The third-order valence-electron chi connectivity index (χ3n) is 3.08. The molecule has 3 heteroatoms. The van der Waals surface area contributed by atoms with E-state index in [1.165, 1.54) is 0 Å². The number of hydrogen-bond donors (Lipinski definition) is 0. The largest absolute Gasteiger partial charge is 0.352 e. The van der Waals surface area contributed by atoms with Gasteiger partial charge in [-0.2, -0.15) is 0 Å². The highest BCUT2D eigenvalue weighted by molar-refractivity contribution is 5.80. The molecule has 0 unspecified atom stereocenters. The Hall–Kier alpha value is -2.68. The number of hydrogen-bond acceptors (Lipinski definition) is 2. The molecule has 0 spiro atoms. The van der Waals surface area contributed by atoms with E-state index in [-0.39, 0.29) is 5.69 Å². The average Bonchev–Trinajstić information content (AvgIpc) is 2.47. The number of aromatic nitrogens is 2.